The summed E-state index contributed by atoms with van der Waals surface area (Å²) >= 11 is 0. The molecule has 2 nitrogen and oxygen atoms in total. The van der Waals surface area contributed by atoms with E-state index in [1.807, 2.05) is 0 Å². The summed E-state index contributed by atoms with van der Waals surface area (Å²) in [4.78, 5) is 2.45. The molecular formula is C11H21NO. The number of aliphatic hydroxyl groups excluding tert-OH is 1. The van der Waals surface area contributed by atoms with Crippen LogP contribution in [0.3, 0.4) is 0 Å². The Morgan fingerprint density at radius 3 is 2.23 bits per heavy atom. The van der Waals surface area contributed by atoms with Gasteiger partial charge in [0.25, 0.3) is 0 Å². The van der Waals surface area contributed by atoms with Gasteiger partial charge in [-0.2, -0.15) is 0 Å². The standard InChI is InChI=1S/C11H21NO/c1-11(2,10(13)9-5-6-9)12-7-3-4-8-12/h9-10,13H,3-8H2,1-2H3. The first-order chi connectivity index (χ1) is 6.12. The van der Waals surface area contributed by atoms with Gasteiger partial charge in [-0.15, -0.1) is 0 Å². The van der Waals surface area contributed by atoms with Crippen molar-refractivity contribution >= 4 is 0 Å². The minimum Gasteiger partial charge on any atom is -0.391 e. The van der Waals surface area contributed by atoms with Gasteiger partial charge in [0.2, 0.25) is 0 Å². The molecule has 2 fully saturated rings. The summed E-state index contributed by atoms with van der Waals surface area (Å²) in [6.45, 7) is 6.75. The Morgan fingerprint density at radius 2 is 1.77 bits per heavy atom. The Labute approximate surface area is 80.9 Å². The number of rotatable bonds is 3. The summed E-state index contributed by atoms with van der Waals surface area (Å²) in [5.41, 5.74) is 0.0116. The molecule has 1 aliphatic carbocycles. The maximum Gasteiger partial charge on any atom is 0.0746 e. The third-order valence-corrected chi connectivity index (χ3v) is 3.71. The fourth-order valence-electron chi connectivity index (χ4n) is 2.47. The Hall–Kier alpha value is -0.0800. The molecule has 2 heteroatoms. The third-order valence-electron chi connectivity index (χ3n) is 3.71. The molecule has 13 heavy (non-hydrogen) atoms. The van der Waals surface area contributed by atoms with Crippen LogP contribution in [-0.4, -0.2) is 34.7 Å². The van der Waals surface area contributed by atoms with Gasteiger partial charge in [0.15, 0.2) is 0 Å². The van der Waals surface area contributed by atoms with Crippen LogP contribution in [-0.2, 0) is 0 Å². The van der Waals surface area contributed by atoms with E-state index in [1.165, 1.54) is 38.8 Å². The van der Waals surface area contributed by atoms with E-state index in [-0.39, 0.29) is 11.6 Å². The molecule has 1 saturated heterocycles. The maximum atomic E-state index is 10.1. The van der Waals surface area contributed by atoms with Crippen molar-refractivity contribution in [3.63, 3.8) is 0 Å². The zero-order valence-corrected chi connectivity index (χ0v) is 8.79. The highest BCUT2D eigenvalue weighted by atomic mass is 16.3. The van der Waals surface area contributed by atoms with Gasteiger partial charge < -0.3 is 5.11 Å². The van der Waals surface area contributed by atoms with Crippen LogP contribution in [0.5, 0.6) is 0 Å². The lowest BCUT2D eigenvalue weighted by atomic mass is 9.92. The Bertz CT molecular complexity index is 177. The minimum absolute atomic E-state index is 0.0116. The summed E-state index contributed by atoms with van der Waals surface area (Å²) in [6, 6.07) is 0. The quantitative estimate of drug-likeness (QED) is 0.719. The van der Waals surface area contributed by atoms with Crippen LogP contribution in [0.25, 0.3) is 0 Å². The first kappa shape index (κ1) is 9.47. The number of aliphatic hydroxyl groups is 1. The molecule has 0 radical (unpaired) electrons. The second kappa shape index (κ2) is 3.25. The first-order valence-electron chi connectivity index (χ1n) is 5.55. The van der Waals surface area contributed by atoms with Crippen molar-refractivity contribution in [2.45, 2.75) is 51.2 Å². The normalized spacial score (nSPS) is 27.9. The van der Waals surface area contributed by atoms with E-state index in [9.17, 15) is 5.11 Å². The summed E-state index contributed by atoms with van der Waals surface area (Å²) in [6.07, 6.45) is 4.98. The SMILES string of the molecule is CC(C)(C(O)C1CC1)N1CCCC1. The van der Waals surface area contributed by atoms with Gasteiger partial charge >= 0.3 is 0 Å². The van der Waals surface area contributed by atoms with E-state index in [1.54, 1.807) is 0 Å². The van der Waals surface area contributed by atoms with Crippen molar-refractivity contribution in [2.24, 2.45) is 5.92 Å². The second-order valence-electron chi connectivity index (χ2n) is 5.13. The van der Waals surface area contributed by atoms with Gasteiger partial charge in [0.1, 0.15) is 0 Å². The van der Waals surface area contributed by atoms with Crippen molar-refractivity contribution in [1.82, 2.24) is 4.90 Å². The van der Waals surface area contributed by atoms with Crippen molar-refractivity contribution in [3.05, 3.63) is 0 Å². The molecule has 1 N–H and O–H groups in total. The summed E-state index contributed by atoms with van der Waals surface area (Å²) in [5, 5.41) is 10.1. The molecule has 2 rings (SSSR count). The highest BCUT2D eigenvalue weighted by molar-refractivity contribution is 4.97. The van der Waals surface area contributed by atoms with E-state index in [0.29, 0.717) is 5.92 Å². The molecular weight excluding hydrogens is 162 g/mol. The predicted molar refractivity (Wildman–Crippen MR) is 53.6 cm³/mol. The lowest BCUT2D eigenvalue weighted by Gasteiger charge is -2.39. The minimum atomic E-state index is -0.106. The number of hydrogen-bond acceptors (Lipinski definition) is 2. The number of nitrogens with zero attached hydrogens (tertiary/aromatic N) is 1. The second-order valence-corrected chi connectivity index (χ2v) is 5.13. The summed E-state index contributed by atoms with van der Waals surface area (Å²) in [7, 11) is 0. The van der Waals surface area contributed by atoms with Gasteiger partial charge in [-0.1, -0.05) is 0 Å². The zero-order valence-electron chi connectivity index (χ0n) is 8.79. The van der Waals surface area contributed by atoms with Crippen LogP contribution in [0.1, 0.15) is 39.5 Å². The molecule has 0 aromatic carbocycles. The van der Waals surface area contributed by atoms with E-state index in [4.69, 9.17) is 0 Å². The lowest BCUT2D eigenvalue weighted by Crippen LogP contribution is -2.52. The molecule has 1 atom stereocenters. The topological polar surface area (TPSA) is 23.5 Å². The fraction of sp³-hybridized carbons (Fsp3) is 1.00. The lowest BCUT2D eigenvalue weighted by molar-refractivity contribution is -0.0102. The van der Waals surface area contributed by atoms with Crippen molar-refractivity contribution < 1.29 is 5.11 Å². The van der Waals surface area contributed by atoms with Crippen LogP contribution >= 0.6 is 0 Å². The van der Waals surface area contributed by atoms with E-state index >= 15 is 0 Å². The van der Waals surface area contributed by atoms with E-state index < -0.39 is 0 Å². The van der Waals surface area contributed by atoms with Crippen LogP contribution < -0.4 is 0 Å². The molecule has 0 amide bonds. The monoisotopic (exact) mass is 183 g/mol. The third kappa shape index (κ3) is 1.75. The maximum absolute atomic E-state index is 10.1. The van der Waals surface area contributed by atoms with Crippen molar-refractivity contribution in [1.29, 1.82) is 0 Å². The number of hydrogen-bond donors (Lipinski definition) is 1. The Morgan fingerprint density at radius 1 is 1.23 bits per heavy atom. The number of likely N-dealkylation sites (tertiary alicyclic amines) is 1. The smallest absolute Gasteiger partial charge is 0.0746 e. The highest BCUT2D eigenvalue weighted by Crippen LogP contribution is 2.39. The van der Waals surface area contributed by atoms with Gasteiger partial charge in [0, 0.05) is 5.54 Å². The van der Waals surface area contributed by atoms with Crippen LogP contribution in [0.4, 0.5) is 0 Å². The van der Waals surface area contributed by atoms with E-state index in [2.05, 4.69) is 18.7 Å². The van der Waals surface area contributed by atoms with E-state index in [0.717, 1.165) is 0 Å². The molecule has 1 saturated carbocycles. The molecule has 1 unspecified atom stereocenters. The predicted octanol–water partition coefficient (Wildman–Crippen LogP) is 1.63. The van der Waals surface area contributed by atoms with Gasteiger partial charge in [0.05, 0.1) is 6.10 Å². The van der Waals surface area contributed by atoms with Crippen molar-refractivity contribution in [3.8, 4) is 0 Å². The Kier molecular flexibility index (Phi) is 2.37. The molecule has 1 aliphatic heterocycles. The summed E-state index contributed by atoms with van der Waals surface area (Å²) in [5.74, 6) is 0.593. The summed E-state index contributed by atoms with van der Waals surface area (Å²) < 4.78 is 0. The van der Waals surface area contributed by atoms with Crippen LogP contribution in [0, 0.1) is 5.92 Å². The molecule has 1 heterocycles. The molecule has 0 aromatic rings. The first-order valence-corrected chi connectivity index (χ1v) is 5.55. The zero-order chi connectivity index (χ0) is 9.47. The molecule has 2 aliphatic rings. The average Bonchev–Trinajstić information content (AvgIpc) is 2.78. The van der Waals surface area contributed by atoms with Crippen molar-refractivity contribution in [2.75, 3.05) is 13.1 Å². The highest BCUT2D eigenvalue weighted by Gasteiger charge is 2.43. The molecule has 0 spiro atoms. The van der Waals surface area contributed by atoms with Gasteiger partial charge in [-0.05, 0) is 58.5 Å². The molecule has 0 aromatic heterocycles. The fourth-order valence-corrected chi connectivity index (χ4v) is 2.47. The Balaban J connectivity index is 1.99. The van der Waals surface area contributed by atoms with Crippen LogP contribution in [0.2, 0.25) is 0 Å². The molecule has 0 bridgehead atoms. The average molecular weight is 183 g/mol. The molecule has 76 valence electrons. The largest absolute Gasteiger partial charge is 0.391 e. The van der Waals surface area contributed by atoms with Gasteiger partial charge in [-0.25, -0.2) is 0 Å². The van der Waals surface area contributed by atoms with Gasteiger partial charge in [-0.3, -0.25) is 4.90 Å². The van der Waals surface area contributed by atoms with Crippen LogP contribution in [0.15, 0.2) is 0 Å².